The van der Waals surface area contributed by atoms with Crippen LogP contribution in [0, 0.1) is 17.1 Å². The van der Waals surface area contributed by atoms with E-state index in [2.05, 4.69) is 0 Å². The molecule has 0 saturated heterocycles. The number of pyridine rings is 1. The molecule has 21 heavy (non-hydrogen) atoms. The molecule has 0 atom stereocenters. The summed E-state index contributed by atoms with van der Waals surface area (Å²) in [6.45, 7) is -0.347. The zero-order valence-electron chi connectivity index (χ0n) is 10.5. The van der Waals surface area contributed by atoms with E-state index in [1.54, 1.807) is 6.07 Å². The van der Waals surface area contributed by atoms with Gasteiger partial charge in [-0.2, -0.15) is 18.4 Å². The van der Waals surface area contributed by atoms with Crippen molar-refractivity contribution in [1.82, 2.24) is 4.57 Å². The highest BCUT2D eigenvalue weighted by Gasteiger charge is 2.31. The first-order valence-electron chi connectivity index (χ1n) is 5.77. The van der Waals surface area contributed by atoms with Crippen LogP contribution in [0.25, 0.3) is 0 Å². The molecule has 0 aliphatic rings. The summed E-state index contributed by atoms with van der Waals surface area (Å²) in [5, 5.41) is 8.62. The molecular weight excluding hydrogens is 288 g/mol. The number of aromatic nitrogens is 1. The maximum atomic E-state index is 13.7. The summed E-state index contributed by atoms with van der Waals surface area (Å²) in [6, 6.07) is 6.76. The van der Waals surface area contributed by atoms with Gasteiger partial charge < -0.3 is 4.57 Å². The number of hydrogen-bond acceptors (Lipinski definition) is 2. The Bertz CT molecular complexity index is 772. The predicted molar refractivity (Wildman–Crippen MR) is 65.9 cm³/mol. The third kappa shape index (κ3) is 3.28. The third-order valence-electron chi connectivity index (χ3n) is 2.83. The van der Waals surface area contributed by atoms with Gasteiger partial charge in [-0.1, -0.05) is 6.07 Å². The number of nitrogens with zero attached hydrogens (tertiary/aromatic N) is 2. The number of nitriles is 1. The fourth-order valence-corrected chi connectivity index (χ4v) is 1.75. The van der Waals surface area contributed by atoms with Gasteiger partial charge >= 0.3 is 6.18 Å². The van der Waals surface area contributed by atoms with Gasteiger partial charge in [-0.05, 0) is 18.2 Å². The standard InChI is InChI=1S/C14H8F4N2O/c15-12-5-9(6-19)1-2-10(12)7-20-8-11(14(16,17)18)3-4-13(20)21/h1-5,8H,7H2. The Morgan fingerprint density at radius 3 is 2.48 bits per heavy atom. The summed E-state index contributed by atoms with van der Waals surface area (Å²) in [4.78, 5) is 11.6. The van der Waals surface area contributed by atoms with Crippen molar-refractivity contribution in [1.29, 1.82) is 5.26 Å². The van der Waals surface area contributed by atoms with E-state index in [0.29, 0.717) is 12.3 Å². The van der Waals surface area contributed by atoms with Gasteiger partial charge in [-0.25, -0.2) is 4.39 Å². The molecule has 7 heteroatoms. The van der Waals surface area contributed by atoms with Crippen molar-refractivity contribution < 1.29 is 17.6 Å². The molecule has 0 saturated carbocycles. The number of hydrogen-bond donors (Lipinski definition) is 0. The minimum Gasteiger partial charge on any atom is -0.310 e. The molecule has 0 radical (unpaired) electrons. The fourth-order valence-electron chi connectivity index (χ4n) is 1.75. The van der Waals surface area contributed by atoms with Crippen LogP contribution in [-0.4, -0.2) is 4.57 Å². The molecule has 0 aliphatic carbocycles. The number of alkyl halides is 3. The van der Waals surface area contributed by atoms with Crippen LogP contribution in [0.3, 0.4) is 0 Å². The molecule has 2 rings (SSSR count). The maximum absolute atomic E-state index is 13.7. The lowest BCUT2D eigenvalue weighted by atomic mass is 10.1. The van der Waals surface area contributed by atoms with Gasteiger partial charge in [0.2, 0.25) is 0 Å². The second kappa shape index (κ2) is 5.40. The van der Waals surface area contributed by atoms with Crippen LogP contribution < -0.4 is 5.56 Å². The van der Waals surface area contributed by atoms with Gasteiger partial charge in [-0.15, -0.1) is 0 Å². The summed E-state index contributed by atoms with van der Waals surface area (Å²) < 4.78 is 52.2. The van der Waals surface area contributed by atoms with E-state index in [1.165, 1.54) is 12.1 Å². The van der Waals surface area contributed by atoms with Crippen LogP contribution in [0.15, 0.2) is 41.3 Å². The van der Waals surface area contributed by atoms with E-state index in [1.807, 2.05) is 0 Å². The predicted octanol–water partition coefficient (Wildman–Crippen LogP) is 2.93. The van der Waals surface area contributed by atoms with Crippen molar-refractivity contribution in [3.63, 3.8) is 0 Å². The first-order chi connectivity index (χ1) is 9.81. The van der Waals surface area contributed by atoms with Crippen LogP contribution in [-0.2, 0) is 12.7 Å². The monoisotopic (exact) mass is 296 g/mol. The number of rotatable bonds is 2. The van der Waals surface area contributed by atoms with Crippen LogP contribution in [0.5, 0.6) is 0 Å². The number of halogens is 4. The molecule has 108 valence electrons. The quantitative estimate of drug-likeness (QED) is 0.800. The molecule has 0 unspecified atom stereocenters. The lowest BCUT2D eigenvalue weighted by molar-refractivity contribution is -0.138. The lowest BCUT2D eigenvalue weighted by Crippen LogP contribution is -2.22. The normalized spacial score (nSPS) is 11.2. The third-order valence-corrected chi connectivity index (χ3v) is 2.83. The minimum atomic E-state index is -4.58. The molecule has 0 amide bonds. The second-order valence-corrected chi connectivity index (χ2v) is 4.30. The smallest absolute Gasteiger partial charge is 0.310 e. The topological polar surface area (TPSA) is 45.8 Å². The molecule has 3 nitrogen and oxygen atoms in total. The molecule has 1 aromatic heterocycles. The van der Waals surface area contributed by atoms with Gasteiger partial charge in [0.25, 0.3) is 5.56 Å². The first kappa shape index (κ1) is 14.8. The Hall–Kier alpha value is -2.62. The Morgan fingerprint density at radius 2 is 1.90 bits per heavy atom. The Morgan fingerprint density at radius 1 is 1.19 bits per heavy atom. The SMILES string of the molecule is N#Cc1ccc(Cn2cc(C(F)(F)F)ccc2=O)c(F)c1. The maximum Gasteiger partial charge on any atom is 0.417 e. The van der Waals surface area contributed by atoms with Gasteiger partial charge in [0.15, 0.2) is 0 Å². The summed E-state index contributed by atoms with van der Waals surface area (Å²) in [7, 11) is 0. The first-order valence-corrected chi connectivity index (χ1v) is 5.77. The van der Waals surface area contributed by atoms with Crippen LogP contribution in [0.2, 0.25) is 0 Å². The van der Waals surface area contributed by atoms with Crippen molar-refractivity contribution in [3.8, 4) is 6.07 Å². The summed E-state index contributed by atoms with van der Waals surface area (Å²) in [5.41, 5.74) is -1.55. The Labute approximate surface area is 116 Å². The van der Waals surface area contributed by atoms with E-state index in [9.17, 15) is 22.4 Å². The van der Waals surface area contributed by atoms with Crippen LogP contribution >= 0.6 is 0 Å². The fraction of sp³-hybridized carbons (Fsp3) is 0.143. The average molecular weight is 296 g/mol. The molecule has 2 aromatic rings. The summed E-state index contributed by atoms with van der Waals surface area (Å²) in [6.07, 6.45) is -3.95. The lowest BCUT2D eigenvalue weighted by Gasteiger charge is -2.11. The molecule has 0 N–H and O–H groups in total. The molecule has 1 aromatic carbocycles. The summed E-state index contributed by atoms with van der Waals surface area (Å²) >= 11 is 0. The van der Waals surface area contributed by atoms with Gasteiger partial charge in [-0.3, -0.25) is 4.79 Å². The molecule has 0 bridgehead atoms. The van der Waals surface area contributed by atoms with Crippen molar-refractivity contribution in [2.24, 2.45) is 0 Å². The Kier molecular flexibility index (Phi) is 3.80. The minimum absolute atomic E-state index is 0.0235. The van der Waals surface area contributed by atoms with Crippen molar-refractivity contribution in [3.05, 3.63) is 69.4 Å². The van der Waals surface area contributed by atoms with E-state index in [-0.39, 0.29) is 17.7 Å². The summed E-state index contributed by atoms with van der Waals surface area (Å²) in [5.74, 6) is -0.752. The molecule has 0 fully saturated rings. The molecule has 0 aliphatic heterocycles. The van der Waals surface area contributed by atoms with Gasteiger partial charge in [0.05, 0.1) is 23.7 Å². The highest BCUT2D eigenvalue weighted by molar-refractivity contribution is 5.33. The van der Waals surface area contributed by atoms with Crippen LogP contribution in [0.4, 0.5) is 17.6 Å². The largest absolute Gasteiger partial charge is 0.417 e. The number of benzene rings is 1. The van der Waals surface area contributed by atoms with Crippen molar-refractivity contribution in [2.75, 3.05) is 0 Å². The highest BCUT2D eigenvalue weighted by atomic mass is 19.4. The molecule has 0 spiro atoms. The zero-order valence-corrected chi connectivity index (χ0v) is 10.5. The van der Waals surface area contributed by atoms with Crippen molar-refractivity contribution in [2.45, 2.75) is 12.7 Å². The highest BCUT2D eigenvalue weighted by Crippen LogP contribution is 2.28. The van der Waals surface area contributed by atoms with E-state index in [4.69, 9.17) is 5.26 Å². The van der Waals surface area contributed by atoms with Crippen LogP contribution in [0.1, 0.15) is 16.7 Å². The average Bonchev–Trinajstić information content (AvgIpc) is 2.42. The van der Waals surface area contributed by atoms with Gasteiger partial charge in [0.1, 0.15) is 5.82 Å². The second-order valence-electron chi connectivity index (χ2n) is 4.30. The van der Waals surface area contributed by atoms with E-state index >= 15 is 0 Å². The molecule has 1 heterocycles. The van der Waals surface area contributed by atoms with Crippen molar-refractivity contribution >= 4 is 0 Å². The molecular formula is C14H8F4N2O. The van der Waals surface area contributed by atoms with E-state index < -0.39 is 23.1 Å². The Balaban J connectivity index is 2.40. The van der Waals surface area contributed by atoms with E-state index in [0.717, 1.165) is 16.7 Å². The van der Waals surface area contributed by atoms with Gasteiger partial charge in [0, 0.05) is 17.8 Å². The zero-order chi connectivity index (χ0) is 15.6.